The van der Waals surface area contributed by atoms with E-state index in [2.05, 4.69) is 6.58 Å². The molecule has 0 aromatic heterocycles. The highest BCUT2D eigenvalue weighted by atomic mass is 16.4. The van der Waals surface area contributed by atoms with Crippen molar-refractivity contribution in [3.8, 4) is 0 Å². The lowest BCUT2D eigenvalue weighted by Gasteiger charge is -2.25. The summed E-state index contributed by atoms with van der Waals surface area (Å²) >= 11 is 0. The van der Waals surface area contributed by atoms with Crippen molar-refractivity contribution >= 4 is 17.9 Å². The molecule has 0 fully saturated rings. The van der Waals surface area contributed by atoms with Crippen LogP contribution in [0.3, 0.4) is 0 Å². The lowest BCUT2D eigenvalue weighted by Crippen LogP contribution is -2.33. The lowest BCUT2D eigenvalue weighted by atomic mass is 9.87. The van der Waals surface area contributed by atoms with Crippen LogP contribution in [0.25, 0.3) is 0 Å². The van der Waals surface area contributed by atoms with Crippen molar-refractivity contribution in [2.45, 2.75) is 12.8 Å². The van der Waals surface area contributed by atoms with Crippen LogP contribution >= 0.6 is 0 Å². The van der Waals surface area contributed by atoms with Gasteiger partial charge in [-0.1, -0.05) is 12.7 Å². The van der Waals surface area contributed by atoms with Crippen molar-refractivity contribution in [1.82, 2.24) is 0 Å². The first-order chi connectivity index (χ1) is 10.1. The van der Waals surface area contributed by atoms with Gasteiger partial charge in [0.2, 0.25) is 0 Å². The third-order valence-corrected chi connectivity index (χ3v) is 2.48. The van der Waals surface area contributed by atoms with Crippen molar-refractivity contribution in [2.75, 3.05) is 19.8 Å². The number of aliphatic hydroxyl groups is 3. The molecule has 0 aromatic carbocycles. The van der Waals surface area contributed by atoms with Crippen LogP contribution in [0.4, 0.5) is 0 Å². The first-order valence-corrected chi connectivity index (χ1v) is 5.99. The lowest BCUT2D eigenvalue weighted by molar-refractivity contribution is -0.139. The van der Waals surface area contributed by atoms with E-state index < -0.39 is 29.7 Å². The second kappa shape index (κ2) is 11.4. The molecule has 0 heterocycles. The molecule has 9 nitrogen and oxygen atoms in total. The summed E-state index contributed by atoms with van der Waals surface area (Å²) in [6.45, 7) is 1.86. The fraction of sp³-hybridized carbons (Fsp3) is 0.462. The highest BCUT2D eigenvalue weighted by Crippen LogP contribution is 2.20. The summed E-state index contributed by atoms with van der Waals surface area (Å²) < 4.78 is 0. The van der Waals surface area contributed by atoms with Gasteiger partial charge in [0.1, 0.15) is 0 Å². The van der Waals surface area contributed by atoms with Crippen molar-refractivity contribution < 1.29 is 45.0 Å². The molecule has 0 radical (unpaired) electrons. The summed E-state index contributed by atoms with van der Waals surface area (Å²) in [6, 6.07) is 0. The van der Waals surface area contributed by atoms with E-state index in [1.807, 2.05) is 0 Å². The summed E-state index contributed by atoms with van der Waals surface area (Å²) in [5, 5.41) is 50.9. The number of aliphatic hydroxyl groups excluding tert-OH is 3. The Labute approximate surface area is 126 Å². The van der Waals surface area contributed by atoms with Crippen LogP contribution < -0.4 is 0 Å². The van der Waals surface area contributed by atoms with Crippen LogP contribution in [0.1, 0.15) is 12.8 Å². The van der Waals surface area contributed by atoms with Crippen LogP contribution in [0.5, 0.6) is 0 Å². The first-order valence-electron chi connectivity index (χ1n) is 5.99. The van der Waals surface area contributed by atoms with Gasteiger partial charge in [-0.05, 0) is 6.42 Å². The number of rotatable bonds is 9. The molecule has 0 unspecified atom stereocenters. The summed E-state index contributed by atoms with van der Waals surface area (Å²) in [4.78, 5) is 29.7. The molecule has 0 amide bonds. The molecular formula is C13H20O9. The van der Waals surface area contributed by atoms with Crippen LogP contribution in [0.15, 0.2) is 24.3 Å². The van der Waals surface area contributed by atoms with Gasteiger partial charge in [-0.25, -0.2) is 9.59 Å². The van der Waals surface area contributed by atoms with Gasteiger partial charge in [-0.2, -0.15) is 0 Å². The van der Waals surface area contributed by atoms with E-state index in [1.165, 1.54) is 6.08 Å². The Morgan fingerprint density at radius 2 is 1.41 bits per heavy atom. The van der Waals surface area contributed by atoms with Gasteiger partial charge in [0.25, 0.3) is 0 Å². The SMILES string of the molecule is C=C(CC(=O)O)C(=O)O.O=C(O)C=CCC(CO)(CO)CO. The fourth-order valence-electron chi connectivity index (χ4n) is 1.01. The molecule has 6 N–H and O–H groups in total. The van der Waals surface area contributed by atoms with E-state index in [0.29, 0.717) is 0 Å². The zero-order chi connectivity index (χ0) is 17.8. The van der Waals surface area contributed by atoms with E-state index in [9.17, 15) is 14.4 Å². The predicted molar refractivity (Wildman–Crippen MR) is 74.1 cm³/mol. The molecule has 0 aliphatic carbocycles. The van der Waals surface area contributed by atoms with Crippen molar-refractivity contribution in [2.24, 2.45) is 5.41 Å². The Morgan fingerprint density at radius 3 is 1.64 bits per heavy atom. The molecule has 0 saturated heterocycles. The largest absolute Gasteiger partial charge is 0.481 e. The summed E-state index contributed by atoms with van der Waals surface area (Å²) in [5.74, 6) is -3.54. The molecule has 9 heteroatoms. The van der Waals surface area contributed by atoms with Gasteiger partial charge in [0.05, 0.1) is 26.2 Å². The topological polar surface area (TPSA) is 173 Å². The molecule has 0 aliphatic heterocycles. The van der Waals surface area contributed by atoms with Gasteiger partial charge in [0.15, 0.2) is 0 Å². The monoisotopic (exact) mass is 320 g/mol. The molecular weight excluding hydrogens is 300 g/mol. The minimum Gasteiger partial charge on any atom is -0.481 e. The second-order valence-electron chi connectivity index (χ2n) is 4.40. The summed E-state index contributed by atoms with van der Waals surface area (Å²) in [7, 11) is 0. The van der Waals surface area contributed by atoms with E-state index >= 15 is 0 Å². The van der Waals surface area contributed by atoms with Crippen molar-refractivity contribution in [3.05, 3.63) is 24.3 Å². The van der Waals surface area contributed by atoms with Gasteiger partial charge >= 0.3 is 17.9 Å². The quantitative estimate of drug-likeness (QED) is 0.294. The van der Waals surface area contributed by atoms with Gasteiger partial charge in [-0.3, -0.25) is 4.79 Å². The number of allylic oxidation sites excluding steroid dienone is 1. The molecule has 0 spiro atoms. The van der Waals surface area contributed by atoms with E-state index in [1.54, 1.807) is 0 Å². The van der Waals surface area contributed by atoms with Crippen LogP contribution in [-0.2, 0) is 14.4 Å². The molecule has 22 heavy (non-hydrogen) atoms. The maximum Gasteiger partial charge on any atom is 0.331 e. The van der Waals surface area contributed by atoms with E-state index in [0.717, 1.165) is 6.08 Å². The van der Waals surface area contributed by atoms with E-state index in [-0.39, 0.29) is 31.8 Å². The molecule has 0 aromatic rings. The van der Waals surface area contributed by atoms with Gasteiger partial charge in [0, 0.05) is 17.1 Å². The Hall–Kier alpha value is -2.23. The first kappa shape index (κ1) is 22.1. The third kappa shape index (κ3) is 10.5. The average Bonchev–Trinajstić information content (AvgIpc) is 2.44. The van der Waals surface area contributed by atoms with Gasteiger partial charge in [-0.15, -0.1) is 0 Å². The molecule has 0 rings (SSSR count). The molecule has 0 saturated carbocycles. The third-order valence-electron chi connectivity index (χ3n) is 2.48. The standard InChI is InChI=1S/C8H14O5.C5H6O4/c9-4-8(5-10,6-11)3-1-2-7(12)13;1-3(5(8)9)2-4(6)7/h1-2,9-11H,3-6H2,(H,12,13);1-2H2,(H,6,7)(H,8,9). The van der Waals surface area contributed by atoms with Crippen LogP contribution in [0.2, 0.25) is 0 Å². The fourth-order valence-corrected chi connectivity index (χ4v) is 1.01. The zero-order valence-electron chi connectivity index (χ0n) is 11.8. The second-order valence-corrected chi connectivity index (χ2v) is 4.40. The summed E-state index contributed by atoms with van der Waals surface area (Å²) in [5.41, 5.74) is -1.33. The molecule has 126 valence electrons. The highest BCUT2D eigenvalue weighted by molar-refractivity contribution is 5.91. The Morgan fingerprint density at radius 1 is 0.955 bits per heavy atom. The maximum absolute atomic E-state index is 10.1. The van der Waals surface area contributed by atoms with Crippen LogP contribution in [0, 0.1) is 5.41 Å². The van der Waals surface area contributed by atoms with Gasteiger partial charge < -0.3 is 30.6 Å². The van der Waals surface area contributed by atoms with Crippen LogP contribution in [-0.4, -0.2) is 68.4 Å². The normalized spacial score (nSPS) is 10.7. The summed E-state index contributed by atoms with van der Waals surface area (Å²) in [6.07, 6.45) is 1.83. The number of hydrogen-bond donors (Lipinski definition) is 6. The number of carbonyl (C=O) groups is 3. The molecule has 0 atom stereocenters. The van der Waals surface area contributed by atoms with E-state index in [4.69, 9.17) is 30.6 Å². The number of carboxylic acids is 3. The Balaban J connectivity index is 0. The average molecular weight is 320 g/mol. The molecule has 0 bridgehead atoms. The minimum atomic E-state index is -1.27. The number of aliphatic carboxylic acids is 3. The minimum absolute atomic E-state index is 0.128. The Bertz CT molecular complexity index is 413. The zero-order valence-corrected chi connectivity index (χ0v) is 11.8. The predicted octanol–water partition coefficient (Wildman–Crippen LogP) is -0.917. The smallest absolute Gasteiger partial charge is 0.331 e. The number of carboxylic acid groups (broad SMARTS) is 3. The van der Waals surface area contributed by atoms with Crippen molar-refractivity contribution in [1.29, 1.82) is 0 Å². The van der Waals surface area contributed by atoms with Crippen molar-refractivity contribution in [3.63, 3.8) is 0 Å². The molecule has 0 aliphatic rings. The highest BCUT2D eigenvalue weighted by Gasteiger charge is 2.26. The Kier molecular flexibility index (Phi) is 11.5. The number of hydrogen-bond acceptors (Lipinski definition) is 6. The maximum atomic E-state index is 10.1.